The Morgan fingerprint density at radius 2 is 1.33 bits per heavy atom. The summed E-state index contributed by atoms with van der Waals surface area (Å²) in [5.41, 5.74) is 17.1. The first-order chi connectivity index (χ1) is 18.9. The molecule has 2 aromatic rings. The summed E-state index contributed by atoms with van der Waals surface area (Å²) < 4.78 is 8.21. The van der Waals surface area contributed by atoms with E-state index in [-0.39, 0.29) is 97.5 Å². The zero-order valence-corrected chi connectivity index (χ0v) is 32.9. The van der Waals surface area contributed by atoms with Crippen LogP contribution in [0, 0.1) is 6.92 Å². The van der Waals surface area contributed by atoms with E-state index in [9.17, 15) is 14.4 Å². The predicted molar refractivity (Wildman–Crippen MR) is 175 cm³/mol. The summed E-state index contributed by atoms with van der Waals surface area (Å²) >= 11 is 5.71. The number of nitrogens with zero attached hydrogens (tertiary/aromatic N) is 5. The van der Waals surface area contributed by atoms with Gasteiger partial charge in [-0.1, -0.05) is 32.7 Å². The molecule has 3 N–H and O–H groups in total. The number of aromatic nitrogens is 4. The van der Waals surface area contributed by atoms with Gasteiger partial charge in [0.05, 0.1) is 6.54 Å². The largest absolute Gasteiger partial charge is 0.478 e. The first-order valence-corrected chi connectivity index (χ1v) is 13.7. The molecule has 1 amide bonds. The van der Waals surface area contributed by atoms with E-state index in [1.807, 2.05) is 48.5 Å². The van der Waals surface area contributed by atoms with Gasteiger partial charge in [-0.15, -0.1) is 0 Å². The number of carbonyl (C=O) groups excluding carboxylic acids is 1. The molecule has 0 spiro atoms. The summed E-state index contributed by atoms with van der Waals surface area (Å²) in [5.74, 6) is -0.456. The fourth-order valence-electron chi connectivity index (χ4n) is 4.55. The fourth-order valence-corrected chi connectivity index (χ4v) is 4.87. The molecule has 0 atom stereocenters. The van der Waals surface area contributed by atoms with Crippen molar-refractivity contribution >= 4 is 29.3 Å². The molecule has 0 fully saturated rings. The van der Waals surface area contributed by atoms with Crippen LogP contribution in [-0.2, 0) is 46.9 Å². The zero-order valence-electron chi connectivity index (χ0n) is 26.2. The van der Waals surface area contributed by atoms with Crippen molar-refractivity contribution in [3.63, 3.8) is 0 Å². The van der Waals surface area contributed by atoms with Crippen molar-refractivity contribution in [3.05, 3.63) is 78.5 Å². The van der Waals surface area contributed by atoms with Crippen molar-refractivity contribution in [1.29, 1.82) is 0 Å². The number of nitrogens with one attached hydrogen (secondary N) is 3. The van der Waals surface area contributed by atoms with E-state index in [1.54, 1.807) is 10.8 Å². The number of hydrogen-bond acceptors (Lipinski definition) is 7. The average molecular weight is 989 g/mol. The van der Waals surface area contributed by atoms with Gasteiger partial charge in [-0.2, -0.15) is 0 Å². The first kappa shape index (κ1) is 47.0. The molecule has 0 aromatic carbocycles. The van der Waals surface area contributed by atoms with Gasteiger partial charge in [0, 0.05) is 94.6 Å². The third kappa shape index (κ3) is 11.7. The molecule has 0 radical (unpaired) electrons. The molecule has 12 nitrogen and oxygen atoms in total. The van der Waals surface area contributed by atoms with Crippen LogP contribution in [0.3, 0.4) is 0 Å². The van der Waals surface area contributed by atoms with Gasteiger partial charge in [-0.25, -0.2) is 4.79 Å². The molecule has 4 heterocycles. The van der Waals surface area contributed by atoms with Crippen LogP contribution in [-0.4, -0.2) is 48.3 Å². The maximum atomic E-state index is 11.5. The van der Waals surface area contributed by atoms with Crippen molar-refractivity contribution in [2.75, 3.05) is 6.54 Å². The molecule has 0 saturated carbocycles. The summed E-state index contributed by atoms with van der Waals surface area (Å²) in [6.45, 7) is 20.3. The number of allylic oxidation sites excluding steroid dienone is 1. The molecule has 0 bridgehead atoms. The summed E-state index contributed by atoms with van der Waals surface area (Å²) in [7, 11) is 0. The van der Waals surface area contributed by atoms with Crippen molar-refractivity contribution < 1.29 is 51.7 Å². The van der Waals surface area contributed by atoms with E-state index >= 15 is 0 Å². The van der Waals surface area contributed by atoms with Gasteiger partial charge in [-0.3, -0.25) is 19.5 Å². The Hall–Kier alpha value is -2.42. The van der Waals surface area contributed by atoms with Gasteiger partial charge in [0.2, 0.25) is 5.56 Å². The predicted octanol–water partition coefficient (Wildman–Crippen LogP) is 7.63. The Kier molecular flexibility index (Phi) is 20.1. The van der Waals surface area contributed by atoms with Crippen molar-refractivity contribution in [2.45, 2.75) is 108 Å². The monoisotopic (exact) mass is 988 g/mol. The van der Waals surface area contributed by atoms with E-state index in [4.69, 9.17) is 27.8 Å². The summed E-state index contributed by atoms with van der Waals surface area (Å²) in [6.07, 6.45) is 4.61. The molecule has 2 aromatic heterocycles. The number of halogens is 1. The Bertz CT molecular complexity index is 1400. The topological polar surface area (TPSA) is 159 Å². The number of alkyl carbamates (subject to hydrolysis) is 1. The van der Waals surface area contributed by atoms with Crippen LogP contribution in [0.2, 0.25) is 5.15 Å². The number of carbonyl (C=O) groups is 1. The van der Waals surface area contributed by atoms with Crippen molar-refractivity contribution in [1.82, 2.24) is 29.3 Å². The second-order valence-corrected chi connectivity index (χ2v) is 11.5. The minimum absolute atomic E-state index is 0. The average Bonchev–Trinajstić information content (AvgIpc) is 2.84. The Labute approximate surface area is 301 Å². The van der Waals surface area contributed by atoms with Gasteiger partial charge in [0.1, 0.15) is 10.8 Å². The molecule has 45 heavy (non-hydrogen) atoms. The van der Waals surface area contributed by atoms with Crippen LogP contribution in [0.5, 0.6) is 0 Å². The van der Waals surface area contributed by atoms with Crippen LogP contribution in [0.4, 0.5) is 16.4 Å². The fraction of sp³-hybridized carbons (Fsp3) is 0.567. The van der Waals surface area contributed by atoms with Crippen LogP contribution < -0.4 is 16.4 Å². The van der Waals surface area contributed by atoms with Gasteiger partial charge in [0.15, 0.2) is 0 Å². The summed E-state index contributed by atoms with van der Waals surface area (Å²) in [5, 5.41) is 3.08. The maximum absolute atomic E-state index is 11.5. The summed E-state index contributed by atoms with van der Waals surface area (Å²) in [4.78, 5) is 43.5. The number of rotatable bonds is 3. The SMILES string of the molecule is C.C.CC(C)n1c(Cl)cnc([NH-])c1=O.CC1=CC2=C(CN1C(C)C)NC(=O)OC2(C)C.Cc1cnc([NH-])c(=O)n1C(C)C.[W].[W]. The minimum Gasteiger partial charge on any atom is -0.478 e. The maximum Gasteiger partial charge on any atom is 0.412 e. The smallest absolute Gasteiger partial charge is 0.412 e. The molecule has 2 aliphatic rings. The quantitative estimate of drug-likeness (QED) is 0.331. The molecule has 0 saturated heterocycles. The molecule has 0 unspecified atom stereocenters. The van der Waals surface area contributed by atoms with Crippen LogP contribution in [0.15, 0.2) is 45.0 Å². The Morgan fingerprint density at radius 3 is 1.76 bits per heavy atom. The van der Waals surface area contributed by atoms with Gasteiger partial charge in [-0.05, 0) is 81.5 Å². The zero-order chi connectivity index (χ0) is 31.4. The van der Waals surface area contributed by atoms with Crippen molar-refractivity contribution in [2.24, 2.45) is 0 Å². The minimum atomic E-state index is -0.540. The van der Waals surface area contributed by atoms with E-state index in [0.717, 1.165) is 23.5 Å². The Balaban J connectivity index is -0.000000575. The van der Waals surface area contributed by atoms with E-state index in [0.29, 0.717) is 6.04 Å². The van der Waals surface area contributed by atoms with Crippen LogP contribution >= 0.6 is 11.6 Å². The van der Waals surface area contributed by atoms with Crippen LogP contribution in [0.25, 0.3) is 11.5 Å². The van der Waals surface area contributed by atoms with E-state index in [2.05, 4.69) is 47.0 Å². The van der Waals surface area contributed by atoms with Crippen molar-refractivity contribution in [3.8, 4) is 0 Å². The van der Waals surface area contributed by atoms with Gasteiger partial charge >= 0.3 is 6.09 Å². The Morgan fingerprint density at radius 1 is 0.867 bits per heavy atom. The van der Waals surface area contributed by atoms with E-state index in [1.165, 1.54) is 16.5 Å². The third-order valence-corrected chi connectivity index (χ3v) is 6.78. The second kappa shape index (κ2) is 19.3. The molecule has 15 heteroatoms. The standard InChI is InChI=1S/C13H20N2O2.C8H12N3O.C7H9ClN3O.2CH4.2W/c1-8(2)15-7-11-10(6-9(15)3)13(4,5)17-12(16)14-11;1-5(2)11-6(3)4-10-7(9)8(11)12;1-4(2)11-5(8)3-10-6(9)7(11)12;;;;/h6,8H,7H2,1-5H3,(H,14,16);4-5H,1-3H3,(H-,9,10);3-4H,1-2H3,(H-,9,10);2*1H4;;/q;2*-1;;;;. The second-order valence-electron chi connectivity index (χ2n) is 11.1. The molecule has 254 valence electrons. The third-order valence-electron chi connectivity index (χ3n) is 6.50. The first-order valence-electron chi connectivity index (χ1n) is 13.4. The molecular formula is C30H49ClN8O4W2-2. The number of amides is 1. The summed E-state index contributed by atoms with van der Waals surface area (Å²) in [6, 6.07) is 0.463. The normalized spacial score (nSPS) is 14.4. The van der Waals surface area contributed by atoms with E-state index < -0.39 is 11.2 Å². The number of hydrogen-bond donors (Lipinski definition) is 1. The number of ether oxygens (including phenoxy) is 1. The van der Waals surface area contributed by atoms with Crippen LogP contribution in [0.1, 0.15) is 94.9 Å². The number of cyclic esters (lactones) is 1. The molecular weight excluding hydrogens is 940 g/mol. The molecule has 0 aliphatic carbocycles. The molecule has 2 aliphatic heterocycles. The number of aryl methyl sites for hydroxylation is 1. The van der Waals surface area contributed by atoms with Gasteiger partial charge < -0.3 is 35.6 Å². The molecule has 4 rings (SSSR count). The van der Waals surface area contributed by atoms with Gasteiger partial charge in [0.25, 0.3) is 5.56 Å².